The van der Waals surface area contributed by atoms with Gasteiger partial charge >= 0.3 is 7.12 Å². The van der Waals surface area contributed by atoms with E-state index in [1.165, 1.54) is 55.6 Å². The van der Waals surface area contributed by atoms with Gasteiger partial charge in [-0.05, 0) is 101 Å². The third kappa shape index (κ3) is 3.36. The summed E-state index contributed by atoms with van der Waals surface area (Å²) in [7, 11) is -0.353. The molecule has 0 unspecified atom stereocenters. The van der Waals surface area contributed by atoms with Gasteiger partial charge in [-0.1, -0.05) is 94.4 Å². The van der Waals surface area contributed by atoms with Crippen molar-refractivity contribution >= 4 is 12.6 Å². The van der Waals surface area contributed by atoms with E-state index in [2.05, 4.69) is 134 Å². The molecular formula is C36H37BO2. The Bertz CT molecular complexity index is 1660. The van der Waals surface area contributed by atoms with Gasteiger partial charge in [-0.25, -0.2) is 0 Å². The second kappa shape index (κ2) is 7.74. The highest BCUT2D eigenvalue weighted by Crippen LogP contribution is 2.52. The van der Waals surface area contributed by atoms with Gasteiger partial charge in [0.15, 0.2) is 0 Å². The fourth-order valence-corrected chi connectivity index (χ4v) is 6.96. The second-order valence-electron chi connectivity index (χ2n) is 13.7. The van der Waals surface area contributed by atoms with Gasteiger partial charge < -0.3 is 9.31 Å². The molecule has 4 aromatic rings. The molecule has 196 valence electrons. The Labute approximate surface area is 233 Å². The molecule has 39 heavy (non-hydrogen) atoms. The molecule has 7 rings (SSSR count). The molecule has 0 N–H and O–H groups in total. The van der Waals surface area contributed by atoms with Crippen LogP contribution in [0.3, 0.4) is 0 Å². The third-order valence-corrected chi connectivity index (χ3v) is 10.1. The van der Waals surface area contributed by atoms with Crippen LogP contribution in [-0.4, -0.2) is 18.3 Å². The molecule has 1 saturated heterocycles. The van der Waals surface area contributed by atoms with Crippen LogP contribution in [0.2, 0.25) is 0 Å². The summed E-state index contributed by atoms with van der Waals surface area (Å²) >= 11 is 0. The number of hydrogen-bond donors (Lipinski definition) is 0. The number of hydrogen-bond acceptors (Lipinski definition) is 2. The molecule has 0 bridgehead atoms. The van der Waals surface area contributed by atoms with Crippen LogP contribution in [-0.2, 0) is 20.1 Å². The van der Waals surface area contributed by atoms with Gasteiger partial charge in [0.25, 0.3) is 0 Å². The van der Waals surface area contributed by atoms with Crippen LogP contribution in [0.4, 0.5) is 0 Å². The topological polar surface area (TPSA) is 18.5 Å². The van der Waals surface area contributed by atoms with E-state index >= 15 is 0 Å². The molecule has 4 aromatic carbocycles. The van der Waals surface area contributed by atoms with Crippen molar-refractivity contribution in [3.05, 3.63) is 101 Å². The summed E-state index contributed by atoms with van der Waals surface area (Å²) in [6.45, 7) is 17.8. The zero-order valence-corrected chi connectivity index (χ0v) is 24.4. The lowest BCUT2D eigenvalue weighted by Crippen LogP contribution is -2.41. The summed E-state index contributed by atoms with van der Waals surface area (Å²) in [6, 6.07) is 29.7. The maximum absolute atomic E-state index is 6.39. The van der Waals surface area contributed by atoms with Crippen molar-refractivity contribution in [1.29, 1.82) is 0 Å². The minimum atomic E-state index is -0.353. The van der Waals surface area contributed by atoms with E-state index in [-0.39, 0.29) is 29.2 Å². The Morgan fingerprint density at radius 2 is 0.974 bits per heavy atom. The molecule has 0 atom stereocenters. The smallest absolute Gasteiger partial charge is 0.399 e. The minimum Gasteiger partial charge on any atom is -0.399 e. The fraction of sp³-hybridized carbons (Fsp3) is 0.333. The van der Waals surface area contributed by atoms with Crippen molar-refractivity contribution in [3.8, 4) is 33.4 Å². The van der Waals surface area contributed by atoms with Gasteiger partial charge in [0.05, 0.1) is 11.2 Å². The molecular weight excluding hydrogens is 475 g/mol. The monoisotopic (exact) mass is 512 g/mol. The summed E-state index contributed by atoms with van der Waals surface area (Å²) in [4.78, 5) is 0. The van der Waals surface area contributed by atoms with E-state index in [9.17, 15) is 0 Å². The Balaban J connectivity index is 1.28. The molecule has 1 heterocycles. The Morgan fingerprint density at radius 1 is 0.462 bits per heavy atom. The van der Waals surface area contributed by atoms with Crippen molar-refractivity contribution in [2.24, 2.45) is 0 Å². The van der Waals surface area contributed by atoms with Crippen LogP contribution in [0.5, 0.6) is 0 Å². The van der Waals surface area contributed by atoms with Gasteiger partial charge in [0.1, 0.15) is 0 Å². The van der Waals surface area contributed by atoms with Crippen molar-refractivity contribution in [2.75, 3.05) is 0 Å². The van der Waals surface area contributed by atoms with E-state index in [1.54, 1.807) is 0 Å². The van der Waals surface area contributed by atoms with Crippen LogP contribution in [0.15, 0.2) is 78.9 Å². The molecule has 1 fully saturated rings. The van der Waals surface area contributed by atoms with Crippen molar-refractivity contribution in [1.82, 2.24) is 0 Å². The summed E-state index contributed by atoms with van der Waals surface area (Å²) < 4.78 is 12.8. The van der Waals surface area contributed by atoms with E-state index < -0.39 is 0 Å². The molecule has 2 aliphatic carbocycles. The van der Waals surface area contributed by atoms with Crippen LogP contribution < -0.4 is 5.46 Å². The van der Waals surface area contributed by atoms with Gasteiger partial charge in [-0.15, -0.1) is 0 Å². The van der Waals surface area contributed by atoms with Crippen molar-refractivity contribution in [3.63, 3.8) is 0 Å². The second-order valence-corrected chi connectivity index (χ2v) is 13.7. The SMILES string of the molecule is CC1(C)c2ccccc2-c2cc(-c3ccc4c(c3)C(C)(C)c3cc(B5OC(C)(C)C(C)(C)O5)ccc3-4)ccc21. The lowest BCUT2D eigenvalue weighted by Gasteiger charge is -2.32. The zero-order valence-electron chi connectivity index (χ0n) is 24.4. The first-order chi connectivity index (χ1) is 18.3. The average Bonchev–Trinajstić information content (AvgIpc) is 3.37. The summed E-state index contributed by atoms with van der Waals surface area (Å²) in [5.74, 6) is 0. The maximum Gasteiger partial charge on any atom is 0.494 e. The highest BCUT2D eigenvalue weighted by atomic mass is 16.7. The maximum atomic E-state index is 6.39. The normalized spacial score (nSPS) is 20.4. The highest BCUT2D eigenvalue weighted by molar-refractivity contribution is 6.62. The Kier molecular flexibility index (Phi) is 4.94. The Morgan fingerprint density at radius 3 is 1.69 bits per heavy atom. The first-order valence-electron chi connectivity index (χ1n) is 14.2. The molecule has 0 radical (unpaired) electrons. The predicted octanol–water partition coefficient (Wildman–Crippen LogP) is 8.27. The van der Waals surface area contributed by atoms with Crippen molar-refractivity contribution in [2.45, 2.75) is 77.4 Å². The molecule has 2 nitrogen and oxygen atoms in total. The summed E-state index contributed by atoms with van der Waals surface area (Å²) in [5.41, 5.74) is 13.8. The van der Waals surface area contributed by atoms with Crippen molar-refractivity contribution < 1.29 is 9.31 Å². The molecule has 0 saturated carbocycles. The molecule has 0 spiro atoms. The van der Waals surface area contributed by atoms with E-state index in [4.69, 9.17) is 9.31 Å². The quantitative estimate of drug-likeness (QED) is 0.252. The van der Waals surface area contributed by atoms with E-state index in [0.717, 1.165) is 5.46 Å². The number of rotatable bonds is 2. The summed E-state index contributed by atoms with van der Waals surface area (Å²) in [5, 5.41) is 0. The lowest BCUT2D eigenvalue weighted by molar-refractivity contribution is 0.00578. The molecule has 0 aromatic heterocycles. The highest BCUT2D eigenvalue weighted by Gasteiger charge is 2.52. The summed E-state index contributed by atoms with van der Waals surface area (Å²) in [6.07, 6.45) is 0. The lowest BCUT2D eigenvalue weighted by atomic mass is 9.74. The largest absolute Gasteiger partial charge is 0.494 e. The fourth-order valence-electron chi connectivity index (χ4n) is 6.96. The van der Waals surface area contributed by atoms with Gasteiger partial charge in [0, 0.05) is 10.8 Å². The first-order valence-corrected chi connectivity index (χ1v) is 14.2. The number of benzene rings is 4. The molecule has 1 aliphatic heterocycles. The predicted molar refractivity (Wildman–Crippen MR) is 163 cm³/mol. The van der Waals surface area contributed by atoms with Gasteiger partial charge in [-0.2, -0.15) is 0 Å². The van der Waals surface area contributed by atoms with E-state index in [1.807, 2.05) is 0 Å². The van der Waals surface area contributed by atoms with E-state index in [0.29, 0.717) is 0 Å². The molecule has 0 amide bonds. The van der Waals surface area contributed by atoms with Gasteiger partial charge in [0.2, 0.25) is 0 Å². The average molecular weight is 513 g/mol. The number of fused-ring (bicyclic) bond motifs is 6. The minimum absolute atomic E-state index is 0.0287. The van der Waals surface area contributed by atoms with Crippen LogP contribution in [0.25, 0.3) is 33.4 Å². The zero-order chi connectivity index (χ0) is 27.5. The third-order valence-electron chi connectivity index (χ3n) is 10.1. The van der Waals surface area contributed by atoms with Crippen LogP contribution in [0, 0.1) is 0 Å². The van der Waals surface area contributed by atoms with Crippen LogP contribution in [0.1, 0.15) is 77.6 Å². The standard InChI is InChI=1S/C36H37BO2/c1-33(2)29-12-10-9-11-25(29)28-19-22(14-18-30(28)33)23-13-16-26-27-17-15-24(21-32(27)34(3,4)31(26)20-23)37-38-35(5,6)36(7,8)39-37/h9-21H,1-8H3. The van der Waals surface area contributed by atoms with Crippen LogP contribution >= 0.6 is 0 Å². The Hall–Kier alpha value is -3.14. The van der Waals surface area contributed by atoms with Gasteiger partial charge in [-0.3, -0.25) is 0 Å². The molecule has 3 heteroatoms. The first kappa shape index (κ1) is 24.9. The molecule has 3 aliphatic rings.